The Balaban J connectivity index is 1.81. The number of para-hydroxylation sites is 1. The molecule has 3 aromatic rings. The van der Waals surface area contributed by atoms with Crippen molar-refractivity contribution in [2.45, 2.75) is 6.54 Å². The smallest absolute Gasteiger partial charge is 0.272 e. The largest absolute Gasteiger partial charge is 0.507 e. The third-order valence-corrected chi connectivity index (χ3v) is 3.96. The first kappa shape index (κ1) is 17.6. The number of pyridine rings is 1. The molecule has 0 saturated heterocycles. The van der Waals surface area contributed by atoms with Crippen LogP contribution in [-0.4, -0.2) is 51.4 Å². The van der Waals surface area contributed by atoms with E-state index in [2.05, 4.69) is 15.2 Å². The van der Waals surface area contributed by atoms with Crippen molar-refractivity contribution in [2.24, 2.45) is 0 Å². The van der Waals surface area contributed by atoms with Crippen LogP contribution in [0.1, 0.15) is 16.1 Å². The SMILES string of the molecule is COCCN(Cc1ccncc1)C(=O)c1cc(-c2ccccc2O)n[nH]1. The van der Waals surface area contributed by atoms with E-state index in [0.29, 0.717) is 36.6 Å². The van der Waals surface area contributed by atoms with Gasteiger partial charge in [0.15, 0.2) is 0 Å². The van der Waals surface area contributed by atoms with E-state index in [0.717, 1.165) is 5.56 Å². The molecule has 0 atom stereocenters. The Morgan fingerprint density at radius 3 is 2.73 bits per heavy atom. The highest BCUT2D eigenvalue weighted by Gasteiger charge is 2.19. The molecular formula is C19H20N4O3. The molecule has 1 amide bonds. The number of nitrogens with zero attached hydrogens (tertiary/aromatic N) is 3. The minimum Gasteiger partial charge on any atom is -0.507 e. The highest BCUT2D eigenvalue weighted by Crippen LogP contribution is 2.27. The van der Waals surface area contributed by atoms with E-state index in [1.807, 2.05) is 12.1 Å². The molecule has 0 fully saturated rings. The van der Waals surface area contributed by atoms with Crippen molar-refractivity contribution < 1.29 is 14.6 Å². The van der Waals surface area contributed by atoms with Crippen molar-refractivity contribution in [1.82, 2.24) is 20.1 Å². The van der Waals surface area contributed by atoms with Gasteiger partial charge >= 0.3 is 0 Å². The Morgan fingerprint density at radius 2 is 2.00 bits per heavy atom. The zero-order chi connectivity index (χ0) is 18.4. The second-order valence-corrected chi connectivity index (χ2v) is 5.76. The van der Waals surface area contributed by atoms with Crippen molar-refractivity contribution in [3.05, 3.63) is 66.1 Å². The van der Waals surface area contributed by atoms with Gasteiger partial charge in [-0.25, -0.2) is 0 Å². The molecule has 2 N–H and O–H groups in total. The Morgan fingerprint density at radius 1 is 1.23 bits per heavy atom. The number of amides is 1. The molecule has 7 nitrogen and oxygen atoms in total. The quantitative estimate of drug-likeness (QED) is 0.681. The zero-order valence-corrected chi connectivity index (χ0v) is 14.4. The molecule has 0 spiro atoms. The number of methoxy groups -OCH3 is 1. The Kier molecular flexibility index (Phi) is 5.60. The van der Waals surface area contributed by atoms with Crippen molar-refractivity contribution in [3.8, 4) is 17.0 Å². The van der Waals surface area contributed by atoms with Crippen LogP contribution in [0.4, 0.5) is 0 Å². The number of ether oxygens (including phenoxy) is 1. The highest BCUT2D eigenvalue weighted by molar-refractivity contribution is 5.93. The van der Waals surface area contributed by atoms with Gasteiger partial charge < -0.3 is 14.7 Å². The summed E-state index contributed by atoms with van der Waals surface area (Å²) in [6.45, 7) is 1.32. The maximum atomic E-state index is 12.9. The van der Waals surface area contributed by atoms with Gasteiger partial charge in [0.05, 0.1) is 12.3 Å². The Hall–Kier alpha value is -3.19. The molecule has 0 saturated carbocycles. The van der Waals surface area contributed by atoms with Crippen LogP contribution in [0.15, 0.2) is 54.9 Å². The summed E-state index contributed by atoms with van der Waals surface area (Å²) in [5.41, 5.74) is 2.42. The van der Waals surface area contributed by atoms with Crippen molar-refractivity contribution in [2.75, 3.05) is 20.3 Å². The van der Waals surface area contributed by atoms with Crippen molar-refractivity contribution in [3.63, 3.8) is 0 Å². The number of H-pyrrole nitrogens is 1. The summed E-state index contributed by atoms with van der Waals surface area (Å²) in [4.78, 5) is 18.6. The normalized spacial score (nSPS) is 10.7. The second-order valence-electron chi connectivity index (χ2n) is 5.76. The van der Waals surface area contributed by atoms with E-state index < -0.39 is 0 Å². The summed E-state index contributed by atoms with van der Waals surface area (Å²) >= 11 is 0. The lowest BCUT2D eigenvalue weighted by Crippen LogP contribution is -2.33. The Bertz CT molecular complexity index is 864. The molecule has 7 heteroatoms. The molecule has 26 heavy (non-hydrogen) atoms. The van der Waals surface area contributed by atoms with Gasteiger partial charge in [0.2, 0.25) is 0 Å². The topological polar surface area (TPSA) is 91.3 Å². The number of nitrogens with one attached hydrogen (secondary N) is 1. The maximum Gasteiger partial charge on any atom is 0.272 e. The van der Waals surface area contributed by atoms with E-state index in [1.54, 1.807) is 54.7 Å². The monoisotopic (exact) mass is 352 g/mol. The highest BCUT2D eigenvalue weighted by atomic mass is 16.5. The number of hydrogen-bond donors (Lipinski definition) is 2. The zero-order valence-electron chi connectivity index (χ0n) is 14.4. The van der Waals surface area contributed by atoms with E-state index >= 15 is 0 Å². The van der Waals surface area contributed by atoms with Crippen LogP contribution in [0.2, 0.25) is 0 Å². The minimum absolute atomic E-state index is 0.117. The number of benzene rings is 1. The summed E-state index contributed by atoms with van der Waals surface area (Å²) < 4.78 is 5.12. The van der Waals surface area contributed by atoms with Gasteiger partial charge in [0, 0.05) is 38.2 Å². The summed E-state index contributed by atoms with van der Waals surface area (Å²) in [6, 6.07) is 12.3. The molecule has 2 aromatic heterocycles. The summed E-state index contributed by atoms with van der Waals surface area (Å²) in [5.74, 6) is -0.0703. The average Bonchev–Trinajstić information content (AvgIpc) is 3.15. The lowest BCUT2D eigenvalue weighted by Gasteiger charge is -2.21. The van der Waals surface area contributed by atoms with Gasteiger partial charge in [-0.3, -0.25) is 14.9 Å². The van der Waals surface area contributed by atoms with Gasteiger partial charge in [-0.1, -0.05) is 12.1 Å². The number of aromatic hydroxyl groups is 1. The van der Waals surface area contributed by atoms with Crippen LogP contribution in [0.5, 0.6) is 5.75 Å². The summed E-state index contributed by atoms with van der Waals surface area (Å²) in [5, 5.41) is 16.9. The molecule has 0 unspecified atom stereocenters. The first-order valence-electron chi connectivity index (χ1n) is 8.20. The standard InChI is InChI=1S/C19H20N4O3/c1-26-11-10-23(13-14-6-8-20-9-7-14)19(25)17-12-16(21-22-17)15-4-2-3-5-18(15)24/h2-9,12,24H,10-11,13H2,1H3,(H,21,22). The Labute approximate surface area is 151 Å². The van der Waals surface area contributed by atoms with Crippen LogP contribution in [0.25, 0.3) is 11.3 Å². The van der Waals surface area contributed by atoms with Gasteiger partial charge in [-0.15, -0.1) is 0 Å². The molecule has 1 aromatic carbocycles. The van der Waals surface area contributed by atoms with E-state index in [-0.39, 0.29) is 11.7 Å². The van der Waals surface area contributed by atoms with Crippen LogP contribution >= 0.6 is 0 Å². The fourth-order valence-electron chi connectivity index (χ4n) is 2.59. The molecule has 0 aliphatic carbocycles. The molecule has 0 radical (unpaired) electrons. The number of rotatable bonds is 7. The molecule has 0 bridgehead atoms. The van der Waals surface area contributed by atoms with Crippen LogP contribution in [0, 0.1) is 0 Å². The van der Waals surface area contributed by atoms with E-state index in [1.165, 1.54) is 0 Å². The summed E-state index contributed by atoms with van der Waals surface area (Å²) in [6.07, 6.45) is 3.39. The molecule has 134 valence electrons. The van der Waals surface area contributed by atoms with Gasteiger partial charge in [-0.2, -0.15) is 5.10 Å². The van der Waals surface area contributed by atoms with Crippen LogP contribution in [-0.2, 0) is 11.3 Å². The lowest BCUT2D eigenvalue weighted by atomic mass is 10.1. The first-order valence-corrected chi connectivity index (χ1v) is 8.20. The number of phenols is 1. The predicted molar refractivity (Wildman–Crippen MR) is 96.5 cm³/mol. The van der Waals surface area contributed by atoms with Gasteiger partial charge in [0.1, 0.15) is 11.4 Å². The maximum absolute atomic E-state index is 12.9. The number of carbonyl (C=O) groups is 1. The third-order valence-electron chi connectivity index (χ3n) is 3.96. The molecular weight excluding hydrogens is 332 g/mol. The minimum atomic E-state index is -0.187. The number of aromatic amines is 1. The van der Waals surface area contributed by atoms with Crippen molar-refractivity contribution >= 4 is 5.91 Å². The molecule has 0 aliphatic heterocycles. The summed E-state index contributed by atoms with van der Waals surface area (Å²) in [7, 11) is 1.60. The number of phenolic OH excluding ortho intramolecular Hbond substituents is 1. The fraction of sp³-hybridized carbons (Fsp3) is 0.211. The average molecular weight is 352 g/mol. The molecule has 0 aliphatic rings. The second kappa shape index (κ2) is 8.26. The fourth-order valence-corrected chi connectivity index (χ4v) is 2.59. The number of hydrogen-bond acceptors (Lipinski definition) is 5. The molecule has 3 rings (SSSR count). The number of carbonyl (C=O) groups excluding carboxylic acids is 1. The lowest BCUT2D eigenvalue weighted by molar-refractivity contribution is 0.0674. The van der Waals surface area contributed by atoms with E-state index in [4.69, 9.17) is 4.74 Å². The third kappa shape index (κ3) is 4.07. The molecule has 2 heterocycles. The number of aromatic nitrogens is 3. The van der Waals surface area contributed by atoms with Gasteiger partial charge in [0.25, 0.3) is 5.91 Å². The predicted octanol–water partition coefficient (Wildman–Crippen LogP) is 2.47. The van der Waals surface area contributed by atoms with Crippen LogP contribution in [0.3, 0.4) is 0 Å². The van der Waals surface area contributed by atoms with Crippen LogP contribution < -0.4 is 0 Å². The van der Waals surface area contributed by atoms with Gasteiger partial charge in [-0.05, 0) is 35.9 Å². The van der Waals surface area contributed by atoms with E-state index in [9.17, 15) is 9.90 Å². The van der Waals surface area contributed by atoms with Crippen molar-refractivity contribution in [1.29, 1.82) is 0 Å². The first-order chi connectivity index (χ1) is 12.7.